The first-order valence-electron chi connectivity index (χ1n) is 5.58. The number of methoxy groups -OCH3 is 1. The molecule has 1 N–H and O–H groups in total. The van der Waals surface area contributed by atoms with Crippen LogP contribution in [0.5, 0.6) is 0 Å². The van der Waals surface area contributed by atoms with Crippen LogP contribution in [-0.2, 0) is 9.53 Å². The number of carbonyl (C=O) groups excluding carboxylic acids is 2. The maximum absolute atomic E-state index is 11.9. The van der Waals surface area contributed by atoms with E-state index in [-0.39, 0.29) is 5.91 Å². The van der Waals surface area contributed by atoms with Crippen molar-refractivity contribution < 1.29 is 14.3 Å². The molecule has 5 heteroatoms. The van der Waals surface area contributed by atoms with Crippen LogP contribution in [0.1, 0.15) is 23.2 Å². The molecule has 0 radical (unpaired) electrons. The van der Waals surface area contributed by atoms with Crippen molar-refractivity contribution in [3.8, 4) is 0 Å². The summed E-state index contributed by atoms with van der Waals surface area (Å²) < 4.78 is 4.64. The molecule has 0 bridgehead atoms. The van der Waals surface area contributed by atoms with E-state index in [0.717, 1.165) is 0 Å². The zero-order valence-corrected chi connectivity index (χ0v) is 10.3. The molecule has 1 atom stereocenters. The van der Waals surface area contributed by atoms with Gasteiger partial charge >= 0.3 is 5.97 Å². The summed E-state index contributed by atoms with van der Waals surface area (Å²) in [6.07, 6.45) is 5.78. The van der Waals surface area contributed by atoms with Crippen LogP contribution in [-0.4, -0.2) is 30.0 Å². The number of nitrogens with zero attached hydrogens (tertiary/aromatic N) is 1. The number of rotatable bonds is 6. The highest BCUT2D eigenvalue weighted by Crippen LogP contribution is 2.03. The molecular weight excluding hydrogens is 232 g/mol. The van der Waals surface area contributed by atoms with E-state index in [1.165, 1.54) is 13.3 Å². The molecule has 0 saturated carbocycles. The average molecular weight is 248 g/mol. The van der Waals surface area contributed by atoms with E-state index in [2.05, 4.69) is 21.6 Å². The lowest BCUT2D eigenvalue weighted by Gasteiger charge is -2.15. The fourth-order valence-electron chi connectivity index (χ4n) is 1.41. The molecular formula is C13H16N2O3. The summed E-state index contributed by atoms with van der Waals surface area (Å²) in [6, 6.07) is 2.62. The van der Waals surface area contributed by atoms with Crippen molar-refractivity contribution in [2.45, 2.75) is 18.9 Å². The van der Waals surface area contributed by atoms with Gasteiger partial charge in [0.2, 0.25) is 0 Å². The number of allylic oxidation sites excluding steroid dienone is 1. The van der Waals surface area contributed by atoms with Crippen LogP contribution in [0.25, 0.3) is 0 Å². The predicted octanol–water partition coefficient (Wildman–Crippen LogP) is 1.32. The number of hydrogen-bond donors (Lipinski definition) is 1. The number of nitrogens with one attached hydrogen (secondary N) is 1. The van der Waals surface area contributed by atoms with E-state index in [9.17, 15) is 9.59 Å². The molecule has 1 aromatic rings. The van der Waals surface area contributed by atoms with Gasteiger partial charge < -0.3 is 10.1 Å². The van der Waals surface area contributed by atoms with E-state index in [1.54, 1.807) is 24.4 Å². The minimum atomic E-state index is -0.666. The molecule has 0 saturated heterocycles. The SMILES string of the molecule is C=CCC[C@H](NC(=O)c1cccnc1)C(=O)OC. The molecule has 96 valence electrons. The first-order valence-corrected chi connectivity index (χ1v) is 5.58. The lowest BCUT2D eigenvalue weighted by Crippen LogP contribution is -2.41. The Morgan fingerprint density at radius 1 is 1.61 bits per heavy atom. The van der Waals surface area contributed by atoms with Crippen LogP contribution in [0.15, 0.2) is 37.2 Å². The highest BCUT2D eigenvalue weighted by molar-refractivity contribution is 5.96. The quantitative estimate of drug-likeness (QED) is 0.609. The van der Waals surface area contributed by atoms with Crippen molar-refractivity contribution >= 4 is 11.9 Å². The fourth-order valence-corrected chi connectivity index (χ4v) is 1.41. The minimum Gasteiger partial charge on any atom is -0.467 e. The maximum atomic E-state index is 11.9. The van der Waals surface area contributed by atoms with E-state index >= 15 is 0 Å². The van der Waals surface area contributed by atoms with Crippen LogP contribution in [0.3, 0.4) is 0 Å². The third-order valence-corrected chi connectivity index (χ3v) is 2.37. The highest BCUT2D eigenvalue weighted by Gasteiger charge is 2.21. The van der Waals surface area contributed by atoms with Gasteiger partial charge in [0.05, 0.1) is 12.7 Å². The van der Waals surface area contributed by atoms with Crippen LogP contribution < -0.4 is 5.32 Å². The number of aromatic nitrogens is 1. The van der Waals surface area contributed by atoms with Gasteiger partial charge in [0, 0.05) is 12.4 Å². The number of esters is 1. The van der Waals surface area contributed by atoms with Gasteiger partial charge in [0.15, 0.2) is 0 Å². The monoisotopic (exact) mass is 248 g/mol. The van der Waals surface area contributed by atoms with Gasteiger partial charge in [0.25, 0.3) is 5.91 Å². The van der Waals surface area contributed by atoms with Gasteiger partial charge in [0.1, 0.15) is 6.04 Å². The molecule has 0 aliphatic rings. The van der Waals surface area contributed by atoms with Crippen molar-refractivity contribution in [2.24, 2.45) is 0 Å². The maximum Gasteiger partial charge on any atom is 0.328 e. The molecule has 1 rings (SSSR count). The van der Waals surface area contributed by atoms with Gasteiger partial charge in [-0.15, -0.1) is 6.58 Å². The molecule has 1 amide bonds. The zero-order chi connectivity index (χ0) is 13.4. The van der Waals surface area contributed by atoms with Gasteiger partial charge in [-0.2, -0.15) is 0 Å². The molecule has 18 heavy (non-hydrogen) atoms. The number of carbonyl (C=O) groups is 2. The van der Waals surface area contributed by atoms with Crippen molar-refractivity contribution in [1.29, 1.82) is 0 Å². The van der Waals surface area contributed by atoms with Gasteiger partial charge in [-0.1, -0.05) is 6.08 Å². The Morgan fingerprint density at radius 3 is 2.94 bits per heavy atom. The van der Waals surface area contributed by atoms with E-state index < -0.39 is 12.0 Å². The minimum absolute atomic E-state index is 0.345. The van der Waals surface area contributed by atoms with E-state index in [0.29, 0.717) is 18.4 Å². The smallest absolute Gasteiger partial charge is 0.328 e. The Kier molecular flexibility index (Phi) is 5.57. The molecule has 0 aromatic carbocycles. The molecule has 0 unspecified atom stereocenters. The largest absolute Gasteiger partial charge is 0.467 e. The Hall–Kier alpha value is -2.17. The normalized spacial score (nSPS) is 11.4. The first kappa shape index (κ1) is 13.9. The fraction of sp³-hybridized carbons (Fsp3) is 0.308. The van der Waals surface area contributed by atoms with Crippen LogP contribution in [0, 0.1) is 0 Å². The lowest BCUT2D eigenvalue weighted by molar-refractivity contribution is -0.143. The number of hydrogen-bond acceptors (Lipinski definition) is 4. The summed E-state index contributed by atoms with van der Waals surface area (Å²) in [7, 11) is 1.29. The topological polar surface area (TPSA) is 68.3 Å². The zero-order valence-electron chi connectivity index (χ0n) is 10.3. The second-order valence-corrected chi connectivity index (χ2v) is 3.66. The third-order valence-electron chi connectivity index (χ3n) is 2.37. The van der Waals surface area contributed by atoms with Crippen molar-refractivity contribution in [2.75, 3.05) is 7.11 Å². The summed E-state index contributed by atoms with van der Waals surface area (Å²) in [5.74, 6) is -0.809. The van der Waals surface area contributed by atoms with Crippen LogP contribution in [0.4, 0.5) is 0 Å². The molecule has 0 spiro atoms. The molecule has 1 aromatic heterocycles. The van der Waals surface area contributed by atoms with Gasteiger partial charge in [-0.05, 0) is 25.0 Å². The first-order chi connectivity index (χ1) is 8.69. The number of ether oxygens (including phenoxy) is 1. The second-order valence-electron chi connectivity index (χ2n) is 3.66. The highest BCUT2D eigenvalue weighted by atomic mass is 16.5. The molecule has 0 aliphatic heterocycles. The molecule has 0 aliphatic carbocycles. The standard InChI is InChI=1S/C13H16N2O3/c1-3-4-7-11(13(17)18-2)15-12(16)10-6-5-8-14-9-10/h3,5-6,8-9,11H,1,4,7H2,2H3,(H,15,16)/t11-/m0/s1. The lowest BCUT2D eigenvalue weighted by atomic mass is 10.1. The number of amides is 1. The van der Waals surface area contributed by atoms with Crippen molar-refractivity contribution in [3.05, 3.63) is 42.7 Å². The van der Waals surface area contributed by atoms with Crippen LogP contribution >= 0.6 is 0 Å². The summed E-state index contributed by atoms with van der Waals surface area (Å²) in [6.45, 7) is 3.58. The van der Waals surface area contributed by atoms with Crippen LogP contribution in [0.2, 0.25) is 0 Å². The summed E-state index contributed by atoms with van der Waals surface area (Å²) in [5.41, 5.74) is 0.407. The Bertz CT molecular complexity index is 418. The Balaban J connectivity index is 2.68. The third kappa shape index (κ3) is 4.01. The second kappa shape index (κ2) is 7.21. The Morgan fingerprint density at radius 2 is 2.39 bits per heavy atom. The van der Waals surface area contributed by atoms with Crippen molar-refractivity contribution in [1.82, 2.24) is 10.3 Å². The Labute approximate surface area is 106 Å². The summed E-state index contributed by atoms with van der Waals surface area (Å²) >= 11 is 0. The predicted molar refractivity (Wildman–Crippen MR) is 66.9 cm³/mol. The van der Waals surface area contributed by atoms with E-state index in [4.69, 9.17) is 0 Å². The average Bonchev–Trinajstić information content (AvgIpc) is 2.43. The van der Waals surface area contributed by atoms with Crippen molar-refractivity contribution in [3.63, 3.8) is 0 Å². The van der Waals surface area contributed by atoms with E-state index in [1.807, 2.05) is 0 Å². The van der Waals surface area contributed by atoms with Gasteiger partial charge in [-0.25, -0.2) is 4.79 Å². The van der Waals surface area contributed by atoms with Gasteiger partial charge in [-0.3, -0.25) is 9.78 Å². The molecule has 1 heterocycles. The summed E-state index contributed by atoms with van der Waals surface area (Å²) in [5, 5.41) is 2.62. The summed E-state index contributed by atoms with van der Waals surface area (Å²) in [4.78, 5) is 27.2. The molecule has 5 nitrogen and oxygen atoms in total. The molecule has 0 fully saturated rings. The number of pyridine rings is 1.